The normalized spacial score (nSPS) is 19.4. The van der Waals surface area contributed by atoms with Crippen LogP contribution in [0.4, 0.5) is 0 Å². The van der Waals surface area contributed by atoms with Crippen LogP contribution in [0.5, 0.6) is 0 Å². The molecule has 18 heavy (non-hydrogen) atoms. The van der Waals surface area contributed by atoms with E-state index in [2.05, 4.69) is 36.7 Å². The summed E-state index contributed by atoms with van der Waals surface area (Å²) in [7, 11) is 0. The predicted octanol–water partition coefficient (Wildman–Crippen LogP) is 3.61. The number of hydrogen-bond donors (Lipinski definition) is 1. The highest BCUT2D eigenvalue weighted by Gasteiger charge is 2.17. The van der Waals surface area contributed by atoms with Gasteiger partial charge in [0.25, 0.3) is 0 Å². The molecule has 0 bridgehead atoms. The molecule has 0 aliphatic carbocycles. The van der Waals surface area contributed by atoms with Crippen LogP contribution in [-0.2, 0) is 12.8 Å². The van der Waals surface area contributed by atoms with Crippen molar-refractivity contribution >= 4 is 0 Å². The first-order valence-corrected chi connectivity index (χ1v) is 6.89. The van der Waals surface area contributed by atoms with Gasteiger partial charge in [0.15, 0.2) is 0 Å². The number of allylic oxidation sites excluding steroid dienone is 2. The van der Waals surface area contributed by atoms with E-state index < -0.39 is 0 Å². The van der Waals surface area contributed by atoms with Crippen LogP contribution in [0.1, 0.15) is 35.4 Å². The summed E-state index contributed by atoms with van der Waals surface area (Å²) in [4.78, 5) is 0. The average molecular weight is 241 g/mol. The van der Waals surface area contributed by atoms with Gasteiger partial charge in [0.05, 0.1) is 0 Å². The van der Waals surface area contributed by atoms with Crippen LogP contribution in [0.3, 0.4) is 0 Å². The van der Waals surface area contributed by atoms with Gasteiger partial charge in [0, 0.05) is 6.54 Å². The molecule has 1 aliphatic heterocycles. The van der Waals surface area contributed by atoms with Crippen LogP contribution in [0, 0.1) is 0 Å². The molecule has 2 rings (SSSR count). The Hall–Kier alpha value is -1.34. The summed E-state index contributed by atoms with van der Waals surface area (Å²) in [5, 5.41) is 3.51. The molecule has 1 N–H and O–H groups in total. The minimum atomic E-state index is 0.665. The van der Waals surface area contributed by atoms with Gasteiger partial charge in [-0.1, -0.05) is 30.4 Å². The highest BCUT2D eigenvalue weighted by atomic mass is 14.9. The second-order valence-corrected chi connectivity index (χ2v) is 5.06. The predicted molar refractivity (Wildman–Crippen MR) is 79.1 cm³/mol. The molecule has 1 nitrogen and oxygen atoms in total. The van der Waals surface area contributed by atoms with E-state index in [0.29, 0.717) is 5.92 Å². The van der Waals surface area contributed by atoms with Crippen molar-refractivity contribution in [3.8, 4) is 0 Å². The van der Waals surface area contributed by atoms with E-state index in [1.165, 1.54) is 36.1 Å². The van der Waals surface area contributed by atoms with Crippen molar-refractivity contribution in [3.05, 3.63) is 60.2 Å². The second-order valence-electron chi connectivity index (χ2n) is 5.06. The molecule has 1 fully saturated rings. The fraction of sp³-hybridized carbons (Fsp3) is 0.412. The van der Waals surface area contributed by atoms with E-state index in [0.717, 1.165) is 19.4 Å². The summed E-state index contributed by atoms with van der Waals surface area (Å²) in [6.45, 7) is 9.98. The lowest BCUT2D eigenvalue weighted by Crippen LogP contribution is -2.29. The lowest BCUT2D eigenvalue weighted by Gasteiger charge is -2.25. The minimum Gasteiger partial charge on any atom is -0.316 e. The summed E-state index contributed by atoms with van der Waals surface area (Å²) >= 11 is 0. The van der Waals surface area contributed by atoms with Gasteiger partial charge in [-0.15, -0.1) is 13.2 Å². The molecule has 1 unspecified atom stereocenters. The zero-order valence-corrected chi connectivity index (χ0v) is 11.1. The van der Waals surface area contributed by atoms with Gasteiger partial charge in [-0.2, -0.15) is 0 Å². The van der Waals surface area contributed by atoms with Gasteiger partial charge < -0.3 is 5.32 Å². The lowest BCUT2D eigenvalue weighted by atomic mass is 9.86. The molecule has 0 aromatic heterocycles. The van der Waals surface area contributed by atoms with Crippen molar-refractivity contribution in [2.75, 3.05) is 13.1 Å². The molecule has 0 amide bonds. The Bertz CT molecular complexity index is 414. The highest BCUT2D eigenvalue weighted by Crippen LogP contribution is 2.28. The minimum absolute atomic E-state index is 0.665. The van der Waals surface area contributed by atoms with E-state index in [9.17, 15) is 0 Å². The first-order chi connectivity index (χ1) is 8.85. The molecule has 0 saturated carbocycles. The maximum Gasteiger partial charge on any atom is 0.00202 e. The van der Waals surface area contributed by atoms with Crippen LogP contribution in [0.2, 0.25) is 0 Å². The Morgan fingerprint density at radius 2 is 2.06 bits per heavy atom. The second kappa shape index (κ2) is 6.55. The molecule has 1 atom stereocenters. The first kappa shape index (κ1) is 13.1. The summed E-state index contributed by atoms with van der Waals surface area (Å²) in [5.41, 5.74) is 4.33. The highest BCUT2D eigenvalue weighted by molar-refractivity contribution is 5.37. The Balaban J connectivity index is 2.29. The van der Waals surface area contributed by atoms with Crippen molar-refractivity contribution in [3.63, 3.8) is 0 Å². The third kappa shape index (κ3) is 3.11. The van der Waals surface area contributed by atoms with Crippen LogP contribution in [0.15, 0.2) is 43.5 Å². The molecular formula is C17H23N. The van der Waals surface area contributed by atoms with Crippen LogP contribution in [-0.4, -0.2) is 13.1 Å². The number of rotatable bonds is 5. The zero-order chi connectivity index (χ0) is 12.8. The molecule has 1 saturated heterocycles. The molecule has 1 aliphatic rings. The largest absolute Gasteiger partial charge is 0.316 e. The first-order valence-electron chi connectivity index (χ1n) is 6.89. The third-order valence-electron chi connectivity index (χ3n) is 3.69. The van der Waals surface area contributed by atoms with E-state index in [-0.39, 0.29) is 0 Å². The summed E-state index contributed by atoms with van der Waals surface area (Å²) in [6, 6.07) is 6.86. The van der Waals surface area contributed by atoms with Crippen molar-refractivity contribution in [1.29, 1.82) is 0 Å². The number of nitrogens with one attached hydrogen (secondary N) is 1. The summed E-state index contributed by atoms with van der Waals surface area (Å²) in [6.07, 6.45) is 8.49. The van der Waals surface area contributed by atoms with Gasteiger partial charge in [-0.05, 0) is 54.8 Å². The number of hydrogen-bond acceptors (Lipinski definition) is 1. The molecule has 0 spiro atoms. The summed E-state index contributed by atoms with van der Waals surface area (Å²) in [5.74, 6) is 0.665. The third-order valence-corrected chi connectivity index (χ3v) is 3.69. The molecule has 96 valence electrons. The van der Waals surface area contributed by atoms with Gasteiger partial charge in [-0.3, -0.25) is 0 Å². The van der Waals surface area contributed by atoms with Crippen molar-refractivity contribution in [2.45, 2.75) is 31.6 Å². The molecule has 1 heterocycles. The Morgan fingerprint density at radius 3 is 2.72 bits per heavy atom. The Kier molecular flexibility index (Phi) is 4.77. The van der Waals surface area contributed by atoms with E-state index in [4.69, 9.17) is 0 Å². The number of benzene rings is 1. The monoisotopic (exact) mass is 241 g/mol. The topological polar surface area (TPSA) is 12.0 Å². The van der Waals surface area contributed by atoms with Crippen molar-refractivity contribution in [1.82, 2.24) is 5.32 Å². The fourth-order valence-electron chi connectivity index (χ4n) is 2.78. The SMILES string of the molecule is C=CCc1ccc(CC=C)c(C2CCCNC2)c1. The van der Waals surface area contributed by atoms with Gasteiger partial charge in [-0.25, -0.2) is 0 Å². The van der Waals surface area contributed by atoms with Crippen LogP contribution >= 0.6 is 0 Å². The number of piperidine rings is 1. The quantitative estimate of drug-likeness (QED) is 0.777. The Labute approximate surface area is 111 Å². The zero-order valence-electron chi connectivity index (χ0n) is 11.1. The van der Waals surface area contributed by atoms with Crippen LogP contribution in [0.25, 0.3) is 0 Å². The van der Waals surface area contributed by atoms with Gasteiger partial charge in [0.1, 0.15) is 0 Å². The molecular weight excluding hydrogens is 218 g/mol. The van der Waals surface area contributed by atoms with Gasteiger partial charge >= 0.3 is 0 Å². The molecule has 1 aromatic carbocycles. The molecule has 1 aromatic rings. The standard InChI is InChI=1S/C17H23N/c1-3-6-14-9-10-15(7-4-2)17(12-14)16-8-5-11-18-13-16/h3-4,9-10,12,16,18H,1-2,5-8,11,13H2. The average Bonchev–Trinajstić information content (AvgIpc) is 2.42. The van der Waals surface area contributed by atoms with E-state index in [1.807, 2.05) is 12.2 Å². The van der Waals surface area contributed by atoms with Gasteiger partial charge in [0.2, 0.25) is 0 Å². The van der Waals surface area contributed by atoms with Crippen molar-refractivity contribution in [2.24, 2.45) is 0 Å². The van der Waals surface area contributed by atoms with E-state index in [1.54, 1.807) is 0 Å². The summed E-state index contributed by atoms with van der Waals surface area (Å²) < 4.78 is 0. The molecule has 0 radical (unpaired) electrons. The molecule has 1 heteroatoms. The van der Waals surface area contributed by atoms with Crippen LogP contribution < -0.4 is 5.32 Å². The maximum absolute atomic E-state index is 3.87. The smallest absolute Gasteiger partial charge is 0.00202 e. The lowest BCUT2D eigenvalue weighted by molar-refractivity contribution is 0.460. The maximum atomic E-state index is 3.87. The fourth-order valence-corrected chi connectivity index (χ4v) is 2.78. The Morgan fingerprint density at radius 1 is 1.22 bits per heavy atom. The van der Waals surface area contributed by atoms with Crippen molar-refractivity contribution < 1.29 is 0 Å². The van der Waals surface area contributed by atoms with E-state index >= 15 is 0 Å².